The molecule has 0 bridgehead atoms. The lowest BCUT2D eigenvalue weighted by molar-refractivity contribution is -0.486. The topological polar surface area (TPSA) is 101 Å². The van der Waals surface area contributed by atoms with Crippen LogP contribution in [0, 0.1) is 10.1 Å². The van der Waals surface area contributed by atoms with E-state index in [9.17, 15) is 14.9 Å². The summed E-state index contributed by atoms with van der Waals surface area (Å²) in [4.78, 5) is 25.6. The molecule has 2 rings (SSSR count). The van der Waals surface area contributed by atoms with Crippen molar-refractivity contribution >= 4 is 17.9 Å². The Morgan fingerprint density at radius 3 is 2.86 bits per heavy atom. The van der Waals surface area contributed by atoms with Gasteiger partial charge in [-0.05, 0) is 32.1 Å². The van der Waals surface area contributed by atoms with Gasteiger partial charge in [-0.2, -0.15) is 0 Å². The van der Waals surface area contributed by atoms with Crippen LogP contribution in [0.1, 0.15) is 19.6 Å². The fourth-order valence-electron chi connectivity index (χ4n) is 1.86. The van der Waals surface area contributed by atoms with Crippen molar-refractivity contribution in [3.05, 3.63) is 40.3 Å². The molecule has 0 unspecified atom stereocenters. The first kappa shape index (κ1) is 15.7. The number of hydrazone groups is 1. The maximum absolute atomic E-state index is 12.2. The summed E-state index contributed by atoms with van der Waals surface area (Å²) in [5.41, 5.74) is 0. The second-order valence-electron chi connectivity index (χ2n) is 4.78. The molecule has 0 aromatic carbocycles. The first-order valence-corrected chi connectivity index (χ1v) is 6.59. The number of hydrogen-bond acceptors (Lipinski definition) is 5. The summed E-state index contributed by atoms with van der Waals surface area (Å²) in [6.45, 7) is 3.68. The van der Waals surface area contributed by atoms with Crippen LogP contribution in [0.25, 0.3) is 6.08 Å². The highest BCUT2D eigenvalue weighted by molar-refractivity contribution is 6.03. The molecule has 1 aliphatic rings. The lowest BCUT2D eigenvalue weighted by Gasteiger charge is -2.37. The van der Waals surface area contributed by atoms with Crippen LogP contribution in [0.15, 0.2) is 34.0 Å². The number of hydrogen-bond donors (Lipinski definition) is 0. The number of furan rings is 1. The second-order valence-corrected chi connectivity index (χ2v) is 4.78. The molecule has 0 radical (unpaired) electrons. The minimum atomic E-state index is -0.827. The Kier molecular flexibility index (Phi) is 4.89. The molecule has 1 amide bonds. The Bertz CT molecular complexity index is 594. The molecule has 118 valence electrons. The summed E-state index contributed by atoms with van der Waals surface area (Å²) >= 11 is 0. The molecule has 1 aliphatic heterocycles. The van der Waals surface area contributed by atoms with Crippen LogP contribution < -0.4 is 0 Å². The third kappa shape index (κ3) is 3.70. The first-order chi connectivity index (χ1) is 10.5. The third-order valence-electron chi connectivity index (χ3n) is 2.94. The molecule has 0 saturated carbocycles. The number of rotatable bonds is 4. The summed E-state index contributed by atoms with van der Waals surface area (Å²) < 4.78 is 10.4. The summed E-state index contributed by atoms with van der Waals surface area (Å²) in [7, 11) is 0. The molecule has 1 saturated heterocycles. The van der Waals surface area contributed by atoms with E-state index in [1.165, 1.54) is 23.3 Å². The highest BCUT2D eigenvalue weighted by Gasteiger charge is 2.32. The number of nitro groups is 1. The van der Waals surface area contributed by atoms with Crippen molar-refractivity contribution in [1.29, 1.82) is 0 Å². The largest absolute Gasteiger partial charge is 0.465 e. The molecule has 1 aromatic rings. The SMILES string of the molecule is CC(C)N1COCN(C(=O)/C=C/c2ccco2)/C1=N/[N+](=O)[O-]. The Hall–Kier alpha value is -2.68. The van der Waals surface area contributed by atoms with Crippen LogP contribution in [0.4, 0.5) is 0 Å². The van der Waals surface area contributed by atoms with Gasteiger partial charge in [0.2, 0.25) is 0 Å². The summed E-state index contributed by atoms with van der Waals surface area (Å²) in [5, 5.41) is 13.2. The van der Waals surface area contributed by atoms with Gasteiger partial charge in [0.15, 0.2) is 5.03 Å². The van der Waals surface area contributed by atoms with E-state index in [-0.39, 0.29) is 25.5 Å². The molecule has 2 heterocycles. The molecular weight excluding hydrogens is 292 g/mol. The van der Waals surface area contributed by atoms with Crippen LogP contribution >= 0.6 is 0 Å². The number of carbonyl (C=O) groups is 1. The molecule has 9 nitrogen and oxygen atoms in total. The van der Waals surface area contributed by atoms with E-state index in [1.54, 1.807) is 12.1 Å². The van der Waals surface area contributed by atoms with Crippen molar-refractivity contribution in [2.75, 3.05) is 13.5 Å². The second kappa shape index (κ2) is 6.85. The molecule has 1 fully saturated rings. The molecular formula is C13H16N4O5. The standard InChI is InChI=1S/C13H16N4O5/c1-10(2)15-8-21-9-16(13(15)14-17(19)20)12(18)6-5-11-4-3-7-22-11/h3-7,10H,8-9H2,1-2H3/b6-5+,14-13+. The smallest absolute Gasteiger partial charge is 0.284 e. The first-order valence-electron chi connectivity index (χ1n) is 6.59. The fraction of sp³-hybridized carbons (Fsp3) is 0.385. The van der Waals surface area contributed by atoms with Crippen molar-refractivity contribution in [2.45, 2.75) is 19.9 Å². The van der Waals surface area contributed by atoms with E-state index in [0.29, 0.717) is 5.76 Å². The van der Waals surface area contributed by atoms with Gasteiger partial charge < -0.3 is 14.1 Å². The summed E-state index contributed by atoms with van der Waals surface area (Å²) in [5.74, 6) is -0.0255. The fourth-order valence-corrected chi connectivity index (χ4v) is 1.86. The van der Waals surface area contributed by atoms with Gasteiger partial charge in [0, 0.05) is 12.1 Å². The van der Waals surface area contributed by atoms with Gasteiger partial charge >= 0.3 is 0 Å². The van der Waals surface area contributed by atoms with Gasteiger partial charge in [-0.1, -0.05) is 0 Å². The van der Waals surface area contributed by atoms with E-state index in [1.807, 2.05) is 13.8 Å². The van der Waals surface area contributed by atoms with Crippen LogP contribution in [0.2, 0.25) is 0 Å². The lowest BCUT2D eigenvalue weighted by Crippen LogP contribution is -2.55. The van der Waals surface area contributed by atoms with E-state index in [2.05, 4.69) is 5.10 Å². The third-order valence-corrected chi connectivity index (χ3v) is 2.94. The van der Waals surface area contributed by atoms with Gasteiger partial charge in [0.05, 0.1) is 6.26 Å². The molecule has 0 spiro atoms. The van der Waals surface area contributed by atoms with E-state index in [0.717, 1.165) is 4.90 Å². The van der Waals surface area contributed by atoms with E-state index in [4.69, 9.17) is 9.15 Å². The predicted molar refractivity (Wildman–Crippen MR) is 76.8 cm³/mol. The van der Waals surface area contributed by atoms with Gasteiger partial charge in [-0.3, -0.25) is 4.79 Å². The van der Waals surface area contributed by atoms with Gasteiger partial charge in [-0.25, -0.2) is 15.0 Å². The predicted octanol–water partition coefficient (Wildman–Crippen LogP) is 1.32. The summed E-state index contributed by atoms with van der Waals surface area (Å²) in [6, 6.07) is 3.26. The lowest BCUT2D eigenvalue weighted by atomic mass is 10.3. The highest BCUT2D eigenvalue weighted by Crippen LogP contribution is 2.13. The number of guanidine groups is 1. The molecule has 22 heavy (non-hydrogen) atoms. The number of carbonyl (C=O) groups excluding carboxylic acids is 1. The molecule has 0 aliphatic carbocycles. The van der Waals surface area contributed by atoms with E-state index >= 15 is 0 Å². The summed E-state index contributed by atoms with van der Waals surface area (Å²) in [6.07, 6.45) is 4.20. The zero-order valence-electron chi connectivity index (χ0n) is 12.2. The zero-order chi connectivity index (χ0) is 16.1. The molecule has 1 aromatic heterocycles. The average Bonchev–Trinajstić information content (AvgIpc) is 2.97. The van der Waals surface area contributed by atoms with Crippen molar-refractivity contribution in [3.63, 3.8) is 0 Å². The Morgan fingerprint density at radius 1 is 1.50 bits per heavy atom. The normalized spacial score (nSPS) is 17.7. The minimum Gasteiger partial charge on any atom is -0.465 e. The quantitative estimate of drug-likeness (QED) is 0.472. The van der Waals surface area contributed by atoms with Gasteiger partial charge in [0.25, 0.3) is 11.9 Å². The van der Waals surface area contributed by atoms with Gasteiger partial charge in [-0.15, -0.1) is 0 Å². The van der Waals surface area contributed by atoms with Gasteiger partial charge in [0.1, 0.15) is 24.3 Å². The highest BCUT2D eigenvalue weighted by atomic mass is 16.7. The molecule has 0 N–H and O–H groups in total. The van der Waals surface area contributed by atoms with Crippen LogP contribution in [-0.4, -0.2) is 46.2 Å². The van der Waals surface area contributed by atoms with Crippen molar-refractivity contribution in [3.8, 4) is 0 Å². The van der Waals surface area contributed by atoms with Crippen LogP contribution in [0.5, 0.6) is 0 Å². The molecule has 9 heteroatoms. The molecule has 0 atom stereocenters. The Labute approximate surface area is 126 Å². The van der Waals surface area contributed by atoms with Crippen molar-refractivity contribution in [1.82, 2.24) is 9.80 Å². The number of amides is 1. The van der Waals surface area contributed by atoms with Crippen molar-refractivity contribution in [2.24, 2.45) is 5.10 Å². The Morgan fingerprint density at radius 2 is 2.27 bits per heavy atom. The number of nitrogens with zero attached hydrogens (tertiary/aromatic N) is 4. The zero-order valence-corrected chi connectivity index (χ0v) is 12.2. The average molecular weight is 308 g/mol. The maximum atomic E-state index is 12.2. The van der Waals surface area contributed by atoms with Crippen LogP contribution in [-0.2, 0) is 9.53 Å². The van der Waals surface area contributed by atoms with E-state index < -0.39 is 10.9 Å². The Balaban J connectivity index is 2.22. The van der Waals surface area contributed by atoms with Crippen LogP contribution in [0.3, 0.4) is 0 Å². The minimum absolute atomic E-state index is 0.0413. The maximum Gasteiger partial charge on any atom is 0.284 e. The monoisotopic (exact) mass is 308 g/mol. The van der Waals surface area contributed by atoms with Crippen molar-refractivity contribution < 1.29 is 19.0 Å². The number of ether oxygens (including phenoxy) is 1.